The van der Waals surface area contributed by atoms with E-state index in [1.54, 1.807) is 0 Å². The van der Waals surface area contributed by atoms with E-state index in [0.29, 0.717) is 31.9 Å². The lowest BCUT2D eigenvalue weighted by Crippen LogP contribution is -2.30. The Morgan fingerprint density at radius 1 is 1.29 bits per heavy atom. The van der Waals surface area contributed by atoms with Crippen molar-refractivity contribution in [3.63, 3.8) is 0 Å². The number of phenols is 1. The molecule has 0 unspecified atom stereocenters. The SMILES string of the molecule is CCCOCCCNC(=O)Nc1ccc(C(=O)O)c(O)c1. The number of amides is 2. The molecule has 0 saturated heterocycles. The normalized spacial score (nSPS) is 10.1. The van der Waals surface area contributed by atoms with Crippen LogP contribution in [0.3, 0.4) is 0 Å². The van der Waals surface area contributed by atoms with Crippen LogP contribution in [0.15, 0.2) is 18.2 Å². The second-order valence-electron chi connectivity index (χ2n) is 4.38. The lowest BCUT2D eigenvalue weighted by molar-refractivity contribution is 0.0693. The molecule has 0 spiro atoms. The predicted octanol–water partition coefficient (Wildman–Crippen LogP) is 2.03. The average molecular weight is 296 g/mol. The first-order chi connectivity index (χ1) is 10.0. The zero-order chi connectivity index (χ0) is 15.7. The molecule has 0 aromatic heterocycles. The Morgan fingerprint density at radius 2 is 2.05 bits per heavy atom. The molecule has 1 rings (SSSR count). The highest BCUT2D eigenvalue weighted by molar-refractivity contribution is 5.93. The highest BCUT2D eigenvalue weighted by atomic mass is 16.5. The molecule has 1 aromatic rings. The molecule has 4 N–H and O–H groups in total. The van der Waals surface area contributed by atoms with Crippen molar-refractivity contribution in [2.45, 2.75) is 19.8 Å². The first-order valence-electron chi connectivity index (χ1n) is 6.73. The lowest BCUT2D eigenvalue weighted by Gasteiger charge is -2.09. The first-order valence-corrected chi connectivity index (χ1v) is 6.73. The van der Waals surface area contributed by atoms with E-state index in [1.807, 2.05) is 6.92 Å². The minimum absolute atomic E-state index is 0.214. The maximum atomic E-state index is 11.6. The number of ether oxygens (including phenoxy) is 1. The molecule has 0 aliphatic rings. The molecule has 0 bridgehead atoms. The van der Waals surface area contributed by atoms with E-state index in [-0.39, 0.29) is 5.56 Å². The molecule has 0 radical (unpaired) electrons. The van der Waals surface area contributed by atoms with Crippen molar-refractivity contribution in [1.82, 2.24) is 5.32 Å². The minimum atomic E-state index is -1.23. The van der Waals surface area contributed by atoms with Gasteiger partial charge in [0.2, 0.25) is 0 Å². The van der Waals surface area contributed by atoms with Gasteiger partial charge in [0.25, 0.3) is 0 Å². The molecule has 0 aliphatic carbocycles. The van der Waals surface area contributed by atoms with Crippen molar-refractivity contribution in [2.24, 2.45) is 0 Å². The highest BCUT2D eigenvalue weighted by Crippen LogP contribution is 2.21. The second kappa shape index (κ2) is 8.80. The lowest BCUT2D eigenvalue weighted by atomic mass is 10.2. The third-order valence-corrected chi connectivity index (χ3v) is 2.59. The zero-order valence-corrected chi connectivity index (χ0v) is 11.9. The Kier molecular flexibility index (Phi) is 7.03. The Hall–Kier alpha value is -2.28. The van der Waals surface area contributed by atoms with Crippen LogP contribution in [0.4, 0.5) is 10.5 Å². The number of hydrogen-bond donors (Lipinski definition) is 4. The molecule has 0 fully saturated rings. The summed E-state index contributed by atoms with van der Waals surface area (Å²) in [6, 6.07) is 3.40. The molecule has 7 nitrogen and oxygen atoms in total. The molecule has 7 heteroatoms. The monoisotopic (exact) mass is 296 g/mol. The van der Waals surface area contributed by atoms with Gasteiger partial charge in [0, 0.05) is 31.5 Å². The van der Waals surface area contributed by atoms with Crippen LogP contribution in [-0.4, -0.2) is 42.0 Å². The summed E-state index contributed by atoms with van der Waals surface area (Å²) in [6.07, 6.45) is 1.67. The third-order valence-electron chi connectivity index (χ3n) is 2.59. The average Bonchev–Trinajstić information content (AvgIpc) is 2.42. The van der Waals surface area contributed by atoms with Crippen LogP contribution < -0.4 is 10.6 Å². The maximum Gasteiger partial charge on any atom is 0.339 e. The molecule has 116 valence electrons. The predicted molar refractivity (Wildman–Crippen MR) is 77.8 cm³/mol. The Labute approximate surface area is 122 Å². The number of aromatic carboxylic acids is 1. The fourth-order valence-electron chi connectivity index (χ4n) is 1.59. The molecule has 21 heavy (non-hydrogen) atoms. The number of benzene rings is 1. The van der Waals surface area contributed by atoms with Crippen molar-refractivity contribution >= 4 is 17.7 Å². The number of urea groups is 1. The van der Waals surface area contributed by atoms with Gasteiger partial charge in [-0.3, -0.25) is 0 Å². The van der Waals surface area contributed by atoms with Gasteiger partial charge in [-0.25, -0.2) is 9.59 Å². The highest BCUT2D eigenvalue weighted by Gasteiger charge is 2.10. The van der Waals surface area contributed by atoms with E-state index >= 15 is 0 Å². The van der Waals surface area contributed by atoms with Crippen LogP contribution >= 0.6 is 0 Å². The molecular formula is C14H20N2O5. The van der Waals surface area contributed by atoms with Crippen LogP contribution in [0.2, 0.25) is 0 Å². The topological polar surface area (TPSA) is 108 Å². The summed E-state index contributed by atoms with van der Waals surface area (Å²) in [7, 11) is 0. The van der Waals surface area contributed by atoms with Crippen LogP contribution in [0.25, 0.3) is 0 Å². The zero-order valence-electron chi connectivity index (χ0n) is 11.9. The van der Waals surface area contributed by atoms with Crippen molar-refractivity contribution in [3.8, 4) is 5.75 Å². The number of anilines is 1. The Morgan fingerprint density at radius 3 is 2.67 bits per heavy atom. The summed E-state index contributed by atoms with van der Waals surface area (Å²) in [5.74, 6) is -1.62. The molecule has 2 amide bonds. The molecular weight excluding hydrogens is 276 g/mol. The number of aromatic hydroxyl groups is 1. The van der Waals surface area contributed by atoms with Crippen molar-refractivity contribution in [1.29, 1.82) is 0 Å². The second-order valence-corrected chi connectivity index (χ2v) is 4.38. The van der Waals surface area contributed by atoms with Crippen molar-refractivity contribution in [2.75, 3.05) is 25.1 Å². The van der Waals surface area contributed by atoms with Gasteiger partial charge in [-0.2, -0.15) is 0 Å². The number of carboxylic acid groups (broad SMARTS) is 1. The summed E-state index contributed by atoms with van der Waals surface area (Å²) < 4.78 is 5.27. The van der Waals surface area contributed by atoms with Gasteiger partial charge in [-0.05, 0) is 25.0 Å². The smallest absolute Gasteiger partial charge is 0.339 e. The number of carbonyl (C=O) groups excluding carboxylic acids is 1. The standard InChI is InChI=1S/C14H20N2O5/c1-2-7-21-8-3-6-15-14(20)16-10-4-5-11(13(18)19)12(17)9-10/h4-5,9,17H,2-3,6-8H2,1H3,(H,18,19)(H2,15,16,20). The fourth-order valence-corrected chi connectivity index (χ4v) is 1.59. The van der Waals surface area contributed by atoms with Crippen LogP contribution in [0.5, 0.6) is 5.75 Å². The van der Waals surface area contributed by atoms with Gasteiger partial charge in [0.05, 0.1) is 0 Å². The van der Waals surface area contributed by atoms with Crippen molar-refractivity contribution < 1.29 is 24.5 Å². The Balaban J connectivity index is 2.34. The summed E-state index contributed by atoms with van der Waals surface area (Å²) in [5, 5.41) is 23.4. The minimum Gasteiger partial charge on any atom is -0.507 e. The van der Waals surface area contributed by atoms with Crippen molar-refractivity contribution in [3.05, 3.63) is 23.8 Å². The number of carbonyl (C=O) groups is 2. The Bertz CT molecular complexity index is 490. The van der Waals surface area contributed by atoms with E-state index < -0.39 is 17.7 Å². The molecule has 0 saturated carbocycles. The van der Waals surface area contributed by atoms with Crippen LogP contribution in [0, 0.1) is 0 Å². The maximum absolute atomic E-state index is 11.6. The van der Waals surface area contributed by atoms with Crippen LogP contribution in [0.1, 0.15) is 30.1 Å². The number of nitrogens with one attached hydrogen (secondary N) is 2. The van der Waals surface area contributed by atoms with E-state index in [4.69, 9.17) is 9.84 Å². The van der Waals surface area contributed by atoms with Gasteiger partial charge in [0.15, 0.2) is 0 Å². The van der Waals surface area contributed by atoms with Gasteiger partial charge < -0.3 is 25.6 Å². The van der Waals surface area contributed by atoms with Gasteiger partial charge in [-0.15, -0.1) is 0 Å². The van der Waals surface area contributed by atoms with E-state index in [1.165, 1.54) is 18.2 Å². The molecule has 0 aliphatic heterocycles. The van der Waals surface area contributed by atoms with E-state index in [9.17, 15) is 14.7 Å². The van der Waals surface area contributed by atoms with E-state index in [0.717, 1.165) is 6.42 Å². The quantitative estimate of drug-likeness (QED) is 0.549. The molecule has 1 aromatic carbocycles. The number of rotatable bonds is 8. The van der Waals surface area contributed by atoms with Crippen LogP contribution in [-0.2, 0) is 4.74 Å². The largest absolute Gasteiger partial charge is 0.507 e. The summed E-state index contributed by atoms with van der Waals surface area (Å²) in [4.78, 5) is 22.3. The summed E-state index contributed by atoms with van der Waals surface area (Å²) in [5.41, 5.74) is 0.103. The summed E-state index contributed by atoms with van der Waals surface area (Å²) in [6.45, 7) is 3.79. The van der Waals surface area contributed by atoms with Gasteiger partial charge >= 0.3 is 12.0 Å². The number of carboxylic acids is 1. The van der Waals surface area contributed by atoms with E-state index in [2.05, 4.69) is 10.6 Å². The summed E-state index contributed by atoms with van der Waals surface area (Å²) >= 11 is 0. The van der Waals surface area contributed by atoms with Gasteiger partial charge in [-0.1, -0.05) is 6.92 Å². The first kappa shape index (κ1) is 16.8. The van der Waals surface area contributed by atoms with Gasteiger partial charge in [0.1, 0.15) is 11.3 Å². The molecule has 0 heterocycles. The number of hydrogen-bond acceptors (Lipinski definition) is 4. The fraction of sp³-hybridized carbons (Fsp3) is 0.429. The third kappa shape index (κ3) is 6.13. The molecule has 0 atom stereocenters.